The molecular formula is C13H21NO. The van der Waals surface area contributed by atoms with Crippen molar-refractivity contribution in [2.24, 2.45) is 5.73 Å². The van der Waals surface area contributed by atoms with E-state index in [0.717, 1.165) is 30.8 Å². The first-order valence-corrected chi connectivity index (χ1v) is 6.00. The molecule has 0 saturated heterocycles. The highest BCUT2D eigenvalue weighted by Gasteiger charge is 2.37. The Labute approximate surface area is 91.8 Å². The Hall–Kier alpha value is -0.760. The first kappa shape index (κ1) is 10.7. The summed E-state index contributed by atoms with van der Waals surface area (Å²) in [6.45, 7) is 4.39. The van der Waals surface area contributed by atoms with Crippen LogP contribution >= 0.6 is 0 Å². The van der Waals surface area contributed by atoms with Crippen LogP contribution in [0.25, 0.3) is 0 Å². The Kier molecular flexibility index (Phi) is 2.87. The quantitative estimate of drug-likeness (QED) is 0.805. The molecule has 0 amide bonds. The van der Waals surface area contributed by atoms with Gasteiger partial charge in [0.05, 0.1) is 0 Å². The molecule has 2 heteroatoms. The number of hydrogen-bond donors (Lipinski definition) is 1. The number of hydrogen-bond acceptors (Lipinski definition) is 2. The first-order valence-electron chi connectivity index (χ1n) is 6.00. The summed E-state index contributed by atoms with van der Waals surface area (Å²) in [7, 11) is 0. The van der Waals surface area contributed by atoms with E-state index < -0.39 is 0 Å². The van der Waals surface area contributed by atoms with Crippen LogP contribution in [-0.4, -0.2) is 5.54 Å². The Bertz CT molecular complexity index is 325. The minimum atomic E-state index is 0.142. The third-order valence-electron chi connectivity index (χ3n) is 3.54. The molecule has 1 atom stereocenters. The topological polar surface area (TPSA) is 39.2 Å². The fraction of sp³-hybridized carbons (Fsp3) is 0.692. The standard InChI is InChI=1S/C13H21NO/c1-3-10(2)12-5-4-11(15-12)6-7-13(14)8-9-13/h4-5,10H,3,6-9,14H2,1-2H3. The summed E-state index contributed by atoms with van der Waals surface area (Å²) in [5, 5.41) is 0. The van der Waals surface area contributed by atoms with Gasteiger partial charge in [-0.2, -0.15) is 0 Å². The van der Waals surface area contributed by atoms with Gasteiger partial charge in [0.1, 0.15) is 11.5 Å². The average Bonchev–Trinajstić information content (AvgIpc) is 2.81. The fourth-order valence-electron chi connectivity index (χ4n) is 1.78. The highest BCUT2D eigenvalue weighted by molar-refractivity contribution is 5.12. The van der Waals surface area contributed by atoms with Crippen LogP contribution in [0.4, 0.5) is 0 Å². The smallest absolute Gasteiger partial charge is 0.106 e. The minimum Gasteiger partial charge on any atom is -0.466 e. The SMILES string of the molecule is CCC(C)c1ccc(CCC2(N)CC2)o1. The summed E-state index contributed by atoms with van der Waals surface area (Å²) in [6.07, 6.45) is 5.57. The Morgan fingerprint density at radius 3 is 2.80 bits per heavy atom. The van der Waals surface area contributed by atoms with E-state index in [1.165, 1.54) is 12.8 Å². The van der Waals surface area contributed by atoms with Crippen molar-refractivity contribution in [2.45, 2.75) is 57.4 Å². The van der Waals surface area contributed by atoms with Crippen LogP contribution < -0.4 is 5.73 Å². The van der Waals surface area contributed by atoms with Gasteiger partial charge in [0.15, 0.2) is 0 Å². The summed E-state index contributed by atoms with van der Waals surface area (Å²) in [5.74, 6) is 2.75. The molecule has 0 bridgehead atoms. The van der Waals surface area contributed by atoms with Crippen LogP contribution in [0, 0.1) is 0 Å². The van der Waals surface area contributed by atoms with E-state index in [2.05, 4.69) is 26.0 Å². The van der Waals surface area contributed by atoms with Crippen molar-refractivity contribution in [1.29, 1.82) is 0 Å². The molecule has 1 aliphatic carbocycles. The predicted molar refractivity (Wildman–Crippen MR) is 61.9 cm³/mol. The van der Waals surface area contributed by atoms with E-state index in [9.17, 15) is 0 Å². The second-order valence-electron chi connectivity index (χ2n) is 4.98. The fourth-order valence-corrected chi connectivity index (χ4v) is 1.78. The van der Waals surface area contributed by atoms with Crippen LogP contribution in [0.15, 0.2) is 16.5 Å². The molecule has 0 spiro atoms. The van der Waals surface area contributed by atoms with E-state index >= 15 is 0 Å². The summed E-state index contributed by atoms with van der Waals surface area (Å²) in [4.78, 5) is 0. The van der Waals surface area contributed by atoms with Gasteiger partial charge in [-0.25, -0.2) is 0 Å². The van der Waals surface area contributed by atoms with E-state index in [1.807, 2.05) is 0 Å². The van der Waals surface area contributed by atoms with Gasteiger partial charge in [-0.15, -0.1) is 0 Å². The van der Waals surface area contributed by atoms with Gasteiger partial charge in [-0.05, 0) is 37.8 Å². The molecule has 2 N–H and O–H groups in total. The maximum absolute atomic E-state index is 6.05. The van der Waals surface area contributed by atoms with Crippen molar-refractivity contribution in [3.05, 3.63) is 23.7 Å². The number of furan rings is 1. The maximum atomic E-state index is 6.05. The van der Waals surface area contributed by atoms with Crippen molar-refractivity contribution < 1.29 is 4.42 Å². The molecule has 2 nitrogen and oxygen atoms in total. The second kappa shape index (κ2) is 4.01. The van der Waals surface area contributed by atoms with Crippen molar-refractivity contribution in [2.75, 3.05) is 0 Å². The molecule has 1 fully saturated rings. The van der Waals surface area contributed by atoms with Gasteiger partial charge in [-0.1, -0.05) is 13.8 Å². The number of rotatable bonds is 5. The summed E-state index contributed by atoms with van der Waals surface area (Å²) in [6, 6.07) is 4.22. The number of nitrogens with two attached hydrogens (primary N) is 1. The highest BCUT2D eigenvalue weighted by atomic mass is 16.3. The normalized spacial score (nSPS) is 20.2. The highest BCUT2D eigenvalue weighted by Crippen LogP contribution is 2.36. The molecule has 15 heavy (non-hydrogen) atoms. The van der Waals surface area contributed by atoms with Gasteiger partial charge < -0.3 is 10.2 Å². The summed E-state index contributed by atoms with van der Waals surface area (Å²) < 4.78 is 5.80. The molecule has 1 saturated carbocycles. The molecule has 0 aromatic carbocycles. The molecule has 1 aliphatic rings. The van der Waals surface area contributed by atoms with Gasteiger partial charge in [0, 0.05) is 17.9 Å². The summed E-state index contributed by atoms with van der Waals surface area (Å²) >= 11 is 0. The lowest BCUT2D eigenvalue weighted by atomic mass is 10.1. The van der Waals surface area contributed by atoms with E-state index in [1.54, 1.807) is 0 Å². The Balaban J connectivity index is 1.89. The molecular weight excluding hydrogens is 186 g/mol. The first-order chi connectivity index (χ1) is 7.13. The molecule has 1 unspecified atom stereocenters. The molecule has 84 valence electrons. The lowest BCUT2D eigenvalue weighted by Crippen LogP contribution is -2.21. The maximum Gasteiger partial charge on any atom is 0.106 e. The van der Waals surface area contributed by atoms with Gasteiger partial charge >= 0.3 is 0 Å². The molecule has 1 heterocycles. The third-order valence-corrected chi connectivity index (χ3v) is 3.54. The van der Waals surface area contributed by atoms with E-state index in [4.69, 9.17) is 10.2 Å². The molecule has 0 aliphatic heterocycles. The van der Waals surface area contributed by atoms with Gasteiger partial charge in [0.25, 0.3) is 0 Å². The third kappa shape index (κ3) is 2.63. The van der Waals surface area contributed by atoms with Gasteiger partial charge in [0.2, 0.25) is 0 Å². The van der Waals surface area contributed by atoms with Crippen LogP contribution in [0.3, 0.4) is 0 Å². The van der Waals surface area contributed by atoms with Crippen molar-refractivity contribution in [1.82, 2.24) is 0 Å². The van der Waals surface area contributed by atoms with Crippen molar-refractivity contribution in [3.63, 3.8) is 0 Å². The zero-order chi connectivity index (χ0) is 10.9. The largest absolute Gasteiger partial charge is 0.466 e. The minimum absolute atomic E-state index is 0.142. The van der Waals surface area contributed by atoms with Crippen LogP contribution in [0.5, 0.6) is 0 Å². The monoisotopic (exact) mass is 207 g/mol. The zero-order valence-electron chi connectivity index (χ0n) is 9.75. The van der Waals surface area contributed by atoms with Gasteiger partial charge in [-0.3, -0.25) is 0 Å². The molecule has 2 rings (SSSR count). The second-order valence-corrected chi connectivity index (χ2v) is 4.98. The number of aryl methyl sites for hydroxylation is 1. The lowest BCUT2D eigenvalue weighted by molar-refractivity contribution is 0.422. The summed E-state index contributed by atoms with van der Waals surface area (Å²) in [5.41, 5.74) is 6.19. The molecule has 1 aromatic rings. The van der Waals surface area contributed by atoms with Crippen LogP contribution in [0.1, 0.15) is 57.0 Å². The lowest BCUT2D eigenvalue weighted by Gasteiger charge is -2.06. The van der Waals surface area contributed by atoms with E-state index in [-0.39, 0.29) is 5.54 Å². The average molecular weight is 207 g/mol. The van der Waals surface area contributed by atoms with Crippen molar-refractivity contribution in [3.8, 4) is 0 Å². The molecule has 1 aromatic heterocycles. The van der Waals surface area contributed by atoms with Crippen LogP contribution in [0.2, 0.25) is 0 Å². The van der Waals surface area contributed by atoms with Crippen LogP contribution in [-0.2, 0) is 6.42 Å². The predicted octanol–water partition coefficient (Wildman–Crippen LogP) is 3.22. The molecule has 0 radical (unpaired) electrons. The Morgan fingerprint density at radius 1 is 1.47 bits per heavy atom. The Morgan fingerprint density at radius 2 is 2.20 bits per heavy atom. The zero-order valence-corrected chi connectivity index (χ0v) is 9.75. The van der Waals surface area contributed by atoms with E-state index in [0.29, 0.717) is 5.92 Å². The van der Waals surface area contributed by atoms with Crippen molar-refractivity contribution >= 4 is 0 Å².